The number of carbonyl (C=O) groups excluding carboxylic acids is 1. The Morgan fingerprint density at radius 3 is 2.38 bits per heavy atom. The summed E-state index contributed by atoms with van der Waals surface area (Å²) in [5.74, 6) is 0.0922. The van der Waals surface area contributed by atoms with Crippen molar-refractivity contribution in [1.29, 1.82) is 0 Å². The van der Waals surface area contributed by atoms with Crippen molar-refractivity contribution in [1.82, 2.24) is 9.88 Å². The minimum Gasteiger partial charge on any atom is -0.354 e. The van der Waals surface area contributed by atoms with Gasteiger partial charge in [0.1, 0.15) is 0 Å². The Hall–Kier alpha value is -2.36. The molecule has 0 spiro atoms. The summed E-state index contributed by atoms with van der Waals surface area (Å²) < 4.78 is 0. The molecule has 4 nitrogen and oxygen atoms in total. The van der Waals surface area contributed by atoms with Crippen LogP contribution in [0.4, 0.5) is 11.4 Å². The van der Waals surface area contributed by atoms with Crippen LogP contribution in [-0.4, -0.2) is 28.9 Å². The fraction of sp³-hybridized carbons (Fsp3) is 0.400. The van der Waals surface area contributed by atoms with Gasteiger partial charge in [0, 0.05) is 25.0 Å². The van der Waals surface area contributed by atoms with Gasteiger partial charge in [0.2, 0.25) is 0 Å². The van der Waals surface area contributed by atoms with Gasteiger partial charge in [-0.2, -0.15) is 0 Å². The van der Waals surface area contributed by atoms with Crippen molar-refractivity contribution >= 4 is 17.3 Å². The standard InChI is InChI=1S/C20H25N3O/c1-15-8-7-9-16(2)19(15)22-18-12-17(13-21-14-18)20(24)23-10-5-3-4-6-11-23/h7-9,12-14,22H,3-6,10-11H2,1-2H3. The third kappa shape index (κ3) is 3.75. The van der Waals surface area contributed by atoms with E-state index < -0.39 is 0 Å². The molecule has 24 heavy (non-hydrogen) atoms. The number of rotatable bonds is 3. The van der Waals surface area contributed by atoms with Gasteiger partial charge in [-0.1, -0.05) is 31.0 Å². The molecule has 1 saturated heterocycles. The maximum absolute atomic E-state index is 12.7. The van der Waals surface area contributed by atoms with Crippen LogP contribution in [0.15, 0.2) is 36.7 Å². The van der Waals surface area contributed by atoms with Crippen LogP contribution in [0.2, 0.25) is 0 Å². The molecule has 1 aliphatic heterocycles. The zero-order valence-corrected chi connectivity index (χ0v) is 14.5. The maximum atomic E-state index is 12.7. The number of amides is 1. The third-order valence-corrected chi connectivity index (χ3v) is 4.63. The smallest absolute Gasteiger partial charge is 0.255 e. The molecule has 2 aromatic rings. The van der Waals surface area contributed by atoms with Crippen LogP contribution in [-0.2, 0) is 0 Å². The summed E-state index contributed by atoms with van der Waals surface area (Å²) in [6.07, 6.45) is 8.07. The number of aromatic nitrogens is 1. The molecule has 0 aliphatic carbocycles. The monoisotopic (exact) mass is 323 g/mol. The van der Waals surface area contributed by atoms with Gasteiger partial charge in [-0.3, -0.25) is 9.78 Å². The van der Waals surface area contributed by atoms with E-state index in [0.29, 0.717) is 5.56 Å². The molecule has 1 aliphatic rings. The Balaban J connectivity index is 1.80. The highest BCUT2D eigenvalue weighted by Gasteiger charge is 2.18. The number of nitrogens with zero attached hydrogens (tertiary/aromatic N) is 2. The number of carbonyl (C=O) groups is 1. The highest BCUT2D eigenvalue weighted by atomic mass is 16.2. The molecular weight excluding hydrogens is 298 g/mol. The lowest BCUT2D eigenvalue weighted by Crippen LogP contribution is -2.31. The summed E-state index contributed by atoms with van der Waals surface area (Å²) in [7, 11) is 0. The lowest BCUT2D eigenvalue weighted by molar-refractivity contribution is 0.0761. The predicted octanol–water partition coefficient (Wildman–Crippen LogP) is 4.46. The summed E-state index contributed by atoms with van der Waals surface area (Å²) in [5, 5.41) is 3.42. The summed E-state index contributed by atoms with van der Waals surface area (Å²) in [4.78, 5) is 19.0. The van der Waals surface area contributed by atoms with Gasteiger partial charge in [0.25, 0.3) is 5.91 Å². The molecule has 0 atom stereocenters. The summed E-state index contributed by atoms with van der Waals surface area (Å²) in [6.45, 7) is 5.87. The van der Waals surface area contributed by atoms with Crippen LogP contribution in [0.1, 0.15) is 47.2 Å². The first kappa shape index (κ1) is 16.5. The first-order valence-electron chi connectivity index (χ1n) is 8.73. The molecule has 1 amide bonds. The molecule has 126 valence electrons. The van der Waals surface area contributed by atoms with Gasteiger partial charge in [0.05, 0.1) is 17.4 Å². The number of pyridine rings is 1. The Bertz CT molecular complexity index is 698. The predicted molar refractivity (Wildman–Crippen MR) is 97.8 cm³/mol. The van der Waals surface area contributed by atoms with Crippen LogP contribution in [0.5, 0.6) is 0 Å². The molecule has 0 radical (unpaired) electrons. The number of para-hydroxylation sites is 1. The average Bonchev–Trinajstić information content (AvgIpc) is 2.87. The Labute approximate surface area is 143 Å². The van der Waals surface area contributed by atoms with Crippen molar-refractivity contribution in [3.05, 3.63) is 53.3 Å². The summed E-state index contributed by atoms with van der Waals surface area (Å²) in [6, 6.07) is 8.11. The van der Waals surface area contributed by atoms with E-state index in [1.807, 2.05) is 17.0 Å². The lowest BCUT2D eigenvalue weighted by Gasteiger charge is -2.20. The molecule has 0 bridgehead atoms. The Morgan fingerprint density at radius 1 is 1.04 bits per heavy atom. The number of nitrogens with one attached hydrogen (secondary N) is 1. The van der Waals surface area contributed by atoms with Crippen LogP contribution in [0, 0.1) is 13.8 Å². The van der Waals surface area contributed by atoms with E-state index >= 15 is 0 Å². The SMILES string of the molecule is Cc1cccc(C)c1Nc1cncc(C(=O)N2CCCCCC2)c1. The fourth-order valence-corrected chi connectivity index (χ4v) is 3.24. The molecule has 4 heteroatoms. The number of benzene rings is 1. The number of hydrogen-bond donors (Lipinski definition) is 1. The second-order valence-electron chi connectivity index (χ2n) is 6.56. The molecule has 1 N–H and O–H groups in total. The van der Waals surface area contributed by atoms with E-state index in [-0.39, 0.29) is 5.91 Å². The lowest BCUT2D eigenvalue weighted by atomic mass is 10.1. The maximum Gasteiger partial charge on any atom is 0.255 e. The molecule has 0 unspecified atom stereocenters. The summed E-state index contributed by atoms with van der Waals surface area (Å²) >= 11 is 0. The van der Waals surface area contributed by atoms with E-state index in [0.717, 1.165) is 37.3 Å². The average molecular weight is 323 g/mol. The topological polar surface area (TPSA) is 45.2 Å². The second kappa shape index (κ2) is 7.47. The molecule has 1 aromatic heterocycles. The van der Waals surface area contributed by atoms with E-state index in [4.69, 9.17) is 0 Å². The first-order chi connectivity index (χ1) is 11.6. The van der Waals surface area contributed by atoms with Gasteiger partial charge >= 0.3 is 0 Å². The van der Waals surface area contributed by atoms with Gasteiger partial charge in [-0.25, -0.2) is 0 Å². The number of hydrogen-bond acceptors (Lipinski definition) is 3. The van der Waals surface area contributed by atoms with E-state index in [2.05, 4.69) is 36.3 Å². The minimum absolute atomic E-state index is 0.0922. The van der Waals surface area contributed by atoms with Crippen LogP contribution >= 0.6 is 0 Å². The molecular formula is C20H25N3O. The van der Waals surface area contributed by atoms with E-state index in [9.17, 15) is 4.79 Å². The van der Waals surface area contributed by atoms with Gasteiger partial charge in [-0.15, -0.1) is 0 Å². The van der Waals surface area contributed by atoms with Crippen molar-refractivity contribution in [2.24, 2.45) is 0 Å². The van der Waals surface area contributed by atoms with Gasteiger partial charge < -0.3 is 10.2 Å². The Kier molecular flexibility index (Phi) is 5.14. The zero-order chi connectivity index (χ0) is 16.9. The van der Waals surface area contributed by atoms with Crippen LogP contribution in [0.3, 0.4) is 0 Å². The minimum atomic E-state index is 0.0922. The zero-order valence-electron chi connectivity index (χ0n) is 14.5. The molecule has 0 saturated carbocycles. The molecule has 1 aromatic carbocycles. The Morgan fingerprint density at radius 2 is 1.71 bits per heavy atom. The fourth-order valence-electron chi connectivity index (χ4n) is 3.24. The molecule has 1 fully saturated rings. The van der Waals surface area contributed by atoms with Crippen molar-refractivity contribution < 1.29 is 4.79 Å². The van der Waals surface area contributed by atoms with Crippen LogP contribution in [0.25, 0.3) is 0 Å². The van der Waals surface area contributed by atoms with Gasteiger partial charge in [-0.05, 0) is 43.9 Å². The van der Waals surface area contributed by atoms with Crippen molar-refractivity contribution in [3.63, 3.8) is 0 Å². The van der Waals surface area contributed by atoms with Crippen molar-refractivity contribution in [2.45, 2.75) is 39.5 Å². The van der Waals surface area contributed by atoms with Crippen molar-refractivity contribution in [2.75, 3.05) is 18.4 Å². The summed E-state index contributed by atoms with van der Waals surface area (Å²) in [5.41, 5.74) is 4.96. The first-order valence-corrected chi connectivity index (χ1v) is 8.73. The van der Waals surface area contributed by atoms with E-state index in [1.54, 1.807) is 12.4 Å². The highest BCUT2D eigenvalue weighted by Crippen LogP contribution is 2.24. The van der Waals surface area contributed by atoms with Crippen LogP contribution < -0.4 is 5.32 Å². The number of aryl methyl sites for hydroxylation is 2. The van der Waals surface area contributed by atoms with Crippen molar-refractivity contribution in [3.8, 4) is 0 Å². The molecule has 3 rings (SSSR count). The largest absolute Gasteiger partial charge is 0.354 e. The number of anilines is 2. The quantitative estimate of drug-likeness (QED) is 0.907. The number of likely N-dealkylation sites (tertiary alicyclic amines) is 1. The third-order valence-electron chi connectivity index (χ3n) is 4.63. The second-order valence-corrected chi connectivity index (χ2v) is 6.56. The highest BCUT2D eigenvalue weighted by molar-refractivity contribution is 5.95. The molecule has 2 heterocycles. The van der Waals surface area contributed by atoms with Gasteiger partial charge in [0.15, 0.2) is 0 Å². The van der Waals surface area contributed by atoms with E-state index in [1.165, 1.54) is 24.0 Å². The normalized spacial score (nSPS) is 15.0.